The molecule has 25 heavy (non-hydrogen) atoms. The number of carbonyl (C=O) groups excluding carboxylic acids is 1. The van der Waals surface area contributed by atoms with Crippen LogP contribution in [0.25, 0.3) is 0 Å². The number of esters is 1. The Hall–Kier alpha value is -2.38. The van der Waals surface area contributed by atoms with Crippen LogP contribution in [-0.2, 0) is 19.6 Å². The highest BCUT2D eigenvalue weighted by atomic mass is 32.2. The topological polar surface area (TPSA) is 81.7 Å². The minimum absolute atomic E-state index is 0.0790. The van der Waals surface area contributed by atoms with Gasteiger partial charge in [0, 0.05) is 0 Å². The van der Waals surface area contributed by atoms with Crippen molar-refractivity contribution in [3.8, 4) is 5.75 Å². The van der Waals surface area contributed by atoms with Crippen LogP contribution in [0.4, 0.5) is 0 Å². The number of sulfonamides is 1. The molecule has 0 heterocycles. The van der Waals surface area contributed by atoms with E-state index in [2.05, 4.69) is 4.72 Å². The summed E-state index contributed by atoms with van der Waals surface area (Å²) in [5, 5.41) is 0. The molecule has 0 bridgehead atoms. The molecular weight excluding hydrogens is 342 g/mol. The van der Waals surface area contributed by atoms with Gasteiger partial charge in [0.2, 0.25) is 10.0 Å². The Morgan fingerprint density at radius 2 is 1.84 bits per heavy atom. The van der Waals surface area contributed by atoms with Crippen molar-refractivity contribution >= 4 is 16.0 Å². The molecule has 0 aromatic heterocycles. The van der Waals surface area contributed by atoms with Gasteiger partial charge < -0.3 is 9.47 Å². The van der Waals surface area contributed by atoms with Gasteiger partial charge in [-0.15, -0.1) is 0 Å². The first kappa shape index (κ1) is 19.0. The summed E-state index contributed by atoms with van der Waals surface area (Å²) < 4.78 is 37.9. The summed E-state index contributed by atoms with van der Waals surface area (Å²) >= 11 is 0. The molecule has 1 N–H and O–H groups in total. The summed E-state index contributed by atoms with van der Waals surface area (Å²) in [6.07, 6.45) is 0. The van der Waals surface area contributed by atoms with Gasteiger partial charge in [0.25, 0.3) is 0 Å². The van der Waals surface area contributed by atoms with Gasteiger partial charge in [-0.1, -0.05) is 29.8 Å². The number of hydrogen-bond donors (Lipinski definition) is 1. The van der Waals surface area contributed by atoms with Crippen molar-refractivity contribution in [2.75, 3.05) is 13.7 Å². The van der Waals surface area contributed by atoms with E-state index in [1.807, 2.05) is 6.92 Å². The Morgan fingerprint density at radius 3 is 2.44 bits per heavy atom. The van der Waals surface area contributed by atoms with E-state index < -0.39 is 22.0 Å². The van der Waals surface area contributed by atoms with Crippen LogP contribution in [0.15, 0.2) is 53.4 Å². The summed E-state index contributed by atoms with van der Waals surface area (Å²) in [7, 11) is -2.40. The molecule has 0 saturated carbocycles. The van der Waals surface area contributed by atoms with E-state index in [0.717, 1.165) is 5.56 Å². The zero-order valence-corrected chi connectivity index (χ0v) is 15.2. The molecule has 2 rings (SSSR count). The van der Waals surface area contributed by atoms with Gasteiger partial charge in [-0.2, -0.15) is 4.72 Å². The van der Waals surface area contributed by atoms with Crippen LogP contribution in [-0.4, -0.2) is 28.1 Å². The average molecular weight is 363 g/mol. The van der Waals surface area contributed by atoms with Crippen molar-refractivity contribution in [3.63, 3.8) is 0 Å². The second-order valence-corrected chi connectivity index (χ2v) is 7.11. The van der Waals surface area contributed by atoms with Crippen LogP contribution in [0.3, 0.4) is 0 Å². The van der Waals surface area contributed by atoms with E-state index in [9.17, 15) is 13.2 Å². The van der Waals surface area contributed by atoms with E-state index in [0.29, 0.717) is 11.3 Å². The highest BCUT2D eigenvalue weighted by Crippen LogP contribution is 2.23. The largest absolute Gasteiger partial charge is 0.497 e. The Morgan fingerprint density at radius 1 is 1.16 bits per heavy atom. The van der Waals surface area contributed by atoms with Crippen molar-refractivity contribution in [1.29, 1.82) is 0 Å². The lowest BCUT2D eigenvalue weighted by molar-refractivity contribution is -0.145. The molecule has 2 aromatic carbocycles. The monoisotopic (exact) mass is 363 g/mol. The first-order valence-electron chi connectivity index (χ1n) is 7.77. The second kappa shape index (κ2) is 8.13. The summed E-state index contributed by atoms with van der Waals surface area (Å²) in [5.74, 6) is -0.159. The number of aryl methyl sites for hydroxylation is 1. The molecule has 0 saturated heterocycles. The van der Waals surface area contributed by atoms with Gasteiger partial charge in [-0.3, -0.25) is 0 Å². The SMILES string of the molecule is CCOC(=O)C(NS(=O)(=O)c1ccc(C)cc1)c1cccc(OC)c1. The van der Waals surface area contributed by atoms with Crippen molar-refractivity contribution in [2.24, 2.45) is 0 Å². The lowest BCUT2D eigenvalue weighted by atomic mass is 10.1. The molecule has 0 spiro atoms. The maximum Gasteiger partial charge on any atom is 0.328 e. The molecule has 2 aromatic rings. The van der Waals surface area contributed by atoms with Crippen molar-refractivity contribution in [1.82, 2.24) is 4.72 Å². The van der Waals surface area contributed by atoms with Crippen LogP contribution in [0, 0.1) is 6.92 Å². The fourth-order valence-corrected chi connectivity index (χ4v) is 3.41. The molecular formula is C18H21NO5S. The maximum atomic E-state index is 12.6. The van der Waals surface area contributed by atoms with E-state index in [4.69, 9.17) is 9.47 Å². The first-order valence-corrected chi connectivity index (χ1v) is 9.25. The zero-order chi connectivity index (χ0) is 18.4. The molecule has 0 radical (unpaired) electrons. The summed E-state index contributed by atoms with van der Waals surface area (Å²) in [6, 6.07) is 11.8. The number of nitrogens with one attached hydrogen (secondary N) is 1. The molecule has 1 atom stereocenters. The molecule has 6 nitrogen and oxygen atoms in total. The van der Waals surface area contributed by atoms with Crippen LogP contribution in [0.1, 0.15) is 24.1 Å². The van der Waals surface area contributed by atoms with Crippen LogP contribution >= 0.6 is 0 Å². The van der Waals surface area contributed by atoms with Crippen molar-refractivity contribution in [2.45, 2.75) is 24.8 Å². The van der Waals surface area contributed by atoms with E-state index in [1.165, 1.54) is 19.2 Å². The highest BCUT2D eigenvalue weighted by Gasteiger charge is 2.28. The number of benzene rings is 2. The van der Waals surface area contributed by atoms with Crippen molar-refractivity contribution < 1.29 is 22.7 Å². The number of rotatable bonds is 7. The quantitative estimate of drug-likeness (QED) is 0.765. The fraction of sp³-hybridized carbons (Fsp3) is 0.278. The van der Waals surface area contributed by atoms with Gasteiger partial charge in [0.15, 0.2) is 0 Å². The summed E-state index contributed by atoms with van der Waals surface area (Å²) in [6.45, 7) is 3.67. The first-order chi connectivity index (χ1) is 11.9. The number of ether oxygens (including phenoxy) is 2. The lowest BCUT2D eigenvalue weighted by Crippen LogP contribution is -2.35. The normalized spacial score (nSPS) is 12.4. The fourth-order valence-electron chi connectivity index (χ4n) is 2.24. The molecule has 1 unspecified atom stereocenters. The molecule has 0 aliphatic heterocycles. The molecule has 7 heteroatoms. The third kappa shape index (κ3) is 4.80. The van der Waals surface area contributed by atoms with E-state index in [1.54, 1.807) is 43.3 Å². The van der Waals surface area contributed by atoms with E-state index in [-0.39, 0.29) is 11.5 Å². The van der Waals surface area contributed by atoms with Gasteiger partial charge in [0.1, 0.15) is 11.8 Å². The molecule has 0 amide bonds. The average Bonchev–Trinajstić information content (AvgIpc) is 2.60. The number of hydrogen-bond acceptors (Lipinski definition) is 5. The predicted molar refractivity (Wildman–Crippen MR) is 93.9 cm³/mol. The van der Waals surface area contributed by atoms with Crippen LogP contribution in [0.5, 0.6) is 5.75 Å². The lowest BCUT2D eigenvalue weighted by Gasteiger charge is -2.18. The number of methoxy groups -OCH3 is 1. The summed E-state index contributed by atoms with van der Waals surface area (Å²) in [5.41, 5.74) is 1.38. The van der Waals surface area contributed by atoms with Gasteiger partial charge >= 0.3 is 5.97 Å². The molecule has 0 aliphatic rings. The van der Waals surface area contributed by atoms with Crippen LogP contribution < -0.4 is 9.46 Å². The third-order valence-corrected chi connectivity index (χ3v) is 4.99. The number of carbonyl (C=O) groups is 1. The Labute approximate surface area is 147 Å². The van der Waals surface area contributed by atoms with E-state index >= 15 is 0 Å². The highest BCUT2D eigenvalue weighted by molar-refractivity contribution is 7.89. The van der Waals surface area contributed by atoms with Gasteiger partial charge in [-0.05, 0) is 43.7 Å². The summed E-state index contributed by atoms with van der Waals surface area (Å²) in [4.78, 5) is 12.4. The molecule has 0 aliphatic carbocycles. The standard InChI is InChI=1S/C18H21NO5S/c1-4-24-18(20)17(14-6-5-7-15(12-14)23-3)19-25(21,22)16-10-8-13(2)9-11-16/h5-12,17,19H,4H2,1-3H3. The minimum atomic E-state index is -3.90. The molecule has 134 valence electrons. The molecule has 0 fully saturated rings. The third-order valence-electron chi connectivity index (χ3n) is 3.55. The smallest absolute Gasteiger partial charge is 0.328 e. The zero-order valence-electron chi connectivity index (χ0n) is 14.4. The minimum Gasteiger partial charge on any atom is -0.497 e. The maximum absolute atomic E-state index is 12.6. The second-order valence-electron chi connectivity index (χ2n) is 5.40. The van der Waals surface area contributed by atoms with Crippen molar-refractivity contribution in [3.05, 3.63) is 59.7 Å². The Balaban J connectivity index is 2.38. The van der Waals surface area contributed by atoms with Gasteiger partial charge in [-0.25, -0.2) is 13.2 Å². The predicted octanol–water partition coefficient (Wildman–Crippen LogP) is 2.59. The van der Waals surface area contributed by atoms with Gasteiger partial charge in [0.05, 0.1) is 18.6 Å². The Bertz CT molecular complexity index is 831. The van der Waals surface area contributed by atoms with Crippen LogP contribution in [0.2, 0.25) is 0 Å². The Kier molecular flexibility index (Phi) is 6.17.